The zero-order valence-electron chi connectivity index (χ0n) is 7.96. The van der Waals surface area contributed by atoms with Crippen molar-refractivity contribution in [1.29, 1.82) is 0 Å². The van der Waals surface area contributed by atoms with Crippen LogP contribution in [0.3, 0.4) is 0 Å². The van der Waals surface area contributed by atoms with E-state index in [1.54, 1.807) is 7.11 Å². The van der Waals surface area contributed by atoms with Crippen molar-refractivity contribution in [1.82, 2.24) is 5.06 Å². The molecule has 3 heteroatoms. The van der Waals surface area contributed by atoms with Crippen LogP contribution >= 0.6 is 12.4 Å². The third kappa shape index (κ3) is 4.62. The van der Waals surface area contributed by atoms with E-state index in [0.717, 1.165) is 19.4 Å². The minimum absolute atomic E-state index is 0. The molecule has 0 aromatic rings. The lowest BCUT2D eigenvalue weighted by molar-refractivity contribution is -0.159. The molecule has 0 heterocycles. The minimum Gasteiger partial charge on any atom is -0.302 e. The molecule has 0 saturated carbocycles. The van der Waals surface area contributed by atoms with E-state index in [4.69, 9.17) is 4.84 Å². The summed E-state index contributed by atoms with van der Waals surface area (Å²) in [6.07, 6.45) is 2.33. The molecule has 0 aliphatic carbocycles. The van der Waals surface area contributed by atoms with Gasteiger partial charge in [-0.25, -0.2) is 0 Å². The Hall–Kier alpha value is 0.210. The number of nitrogens with zero attached hydrogens (tertiary/aromatic N) is 1. The summed E-state index contributed by atoms with van der Waals surface area (Å²) < 4.78 is 0. The molecule has 0 aliphatic rings. The molecule has 11 heavy (non-hydrogen) atoms. The van der Waals surface area contributed by atoms with Crippen molar-refractivity contribution in [3.63, 3.8) is 0 Å². The van der Waals surface area contributed by atoms with Crippen molar-refractivity contribution < 1.29 is 4.84 Å². The molecule has 0 atom stereocenters. The average Bonchev–Trinajstić information content (AvgIpc) is 2.00. The van der Waals surface area contributed by atoms with E-state index in [-0.39, 0.29) is 12.4 Å². The summed E-state index contributed by atoms with van der Waals surface area (Å²) in [6, 6.07) is 0.593. The molecule has 0 unspecified atom stereocenters. The van der Waals surface area contributed by atoms with Crippen LogP contribution in [0.2, 0.25) is 0 Å². The van der Waals surface area contributed by atoms with Gasteiger partial charge in [0, 0.05) is 12.6 Å². The number of hydrogen-bond acceptors (Lipinski definition) is 2. The van der Waals surface area contributed by atoms with Crippen LogP contribution in [0.1, 0.15) is 33.6 Å². The normalized spacial score (nSPS) is 10.4. The summed E-state index contributed by atoms with van der Waals surface area (Å²) in [5.74, 6) is 0. The van der Waals surface area contributed by atoms with E-state index in [2.05, 4.69) is 20.8 Å². The van der Waals surface area contributed by atoms with Crippen LogP contribution in [0.25, 0.3) is 0 Å². The van der Waals surface area contributed by atoms with Gasteiger partial charge in [-0.3, -0.25) is 0 Å². The highest BCUT2D eigenvalue weighted by Gasteiger charge is 2.11. The summed E-state index contributed by atoms with van der Waals surface area (Å²) in [4.78, 5) is 5.18. The van der Waals surface area contributed by atoms with Gasteiger partial charge in [0.1, 0.15) is 0 Å². The maximum absolute atomic E-state index is 5.18. The van der Waals surface area contributed by atoms with Gasteiger partial charge >= 0.3 is 0 Å². The number of hydroxylamine groups is 2. The molecule has 0 aromatic carbocycles. The Morgan fingerprint density at radius 1 is 1.18 bits per heavy atom. The SMILES string of the molecule is CCC(CC)N(CC)OC.Cl. The van der Waals surface area contributed by atoms with Gasteiger partial charge in [-0.1, -0.05) is 20.8 Å². The summed E-state index contributed by atoms with van der Waals surface area (Å²) in [6.45, 7) is 7.47. The maximum Gasteiger partial charge on any atom is 0.0575 e. The fraction of sp³-hybridized carbons (Fsp3) is 1.00. The number of hydrogen-bond donors (Lipinski definition) is 0. The highest BCUT2D eigenvalue weighted by molar-refractivity contribution is 5.85. The molecule has 70 valence electrons. The topological polar surface area (TPSA) is 12.5 Å². The molecule has 0 N–H and O–H groups in total. The van der Waals surface area contributed by atoms with E-state index in [9.17, 15) is 0 Å². The molecule has 0 aromatic heterocycles. The Bertz CT molecular complexity index is 62.5. The largest absolute Gasteiger partial charge is 0.302 e. The third-order valence-corrected chi connectivity index (χ3v) is 1.90. The Morgan fingerprint density at radius 3 is 1.73 bits per heavy atom. The molecule has 0 amide bonds. The summed E-state index contributed by atoms with van der Waals surface area (Å²) in [5.41, 5.74) is 0. The van der Waals surface area contributed by atoms with Crippen molar-refractivity contribution in [2.75, 3.05) is 13.7 Å². The van der Waals surface area contributed by atoms with E-state index < -0.39 is 0 Å². The van der Waals surface area contributed by atoms with Gasteiger partial charge in [0.05, 0.1) is 7.11 Å². The van der Waals surface area contributed by atoms with Gasteiger partial charge in [-0.05, 0) is 12.8 Å². The first kappa shape index (κ1) is 13.8. The minimum atomic E-state index is 0. The molecule has 2 nitrogen and oxygen atoms in total. The molecule has 0 spiro atoms. The number of rotatable bonds is 5. The Labute approximate surface area is 76.3 Å². The van der Waals surface area contributed by atoms with Crippen molar-refractivity contribution in [3.8, 4) is 0 Å². The first-order chi connectivity index (χ1) is 4.79. The molecule has 0 fully saturated rings. The summed E-state index contributed by atoms with van der Waals surface area (Å²) >= 11 is 0. The fourth-order valence-corrected chi connectivity index (χ4v) is 1.23. The molecule has 0 aliphatic heterocycles. The predicted molar refractivity (Wildman–Crippen MR) is 51.0 cm³/mol. The number of halogens is 1. The molecular formula is C8H20ClNO. The Kier molecular flexibility index (Phi) is 10.4. The van der Waals surface area contributed by atoms with Gasteiger partial charge in [0.2, 0.25) is 0 Å². The van der Waals surface area contributed by atoms with E-state index in [1.807, 2.05) is 5.06 Å². The van der Waals surface area contributed by atoms with Crippen molar-refractivity contribution in [3.05, 3.63) is 0 Å². The zero-order valence-corrected chi connectivity index (χ0v) is 8.78. The fourth-order valence-electron chi connectivity index (χ4n) is 1.23. The van der Waals surface area contributed by atoms with Gasteiger partial charge in [-0.15, -0.1) is 12.4 Å². The van der Waals surface area contributed by atoms with Gasteiger partial charge < -0.3 is 4.84 Å². The van der Waals surface area contributed by atoms with Crippen LogP contribution in [-0.4, -0.2) is 24.8 Å². The first-order valence-corrected chi connectivity index (χ1v) is 4.10. The van der Waals surface area contributed by atoms with Gasteiger partial charge in [0.25, 0.3) is 0 Å². The van der Waals surface area contributed by atoms with Crippen LogP contribution in [0.4, 0.5) is 0 Å². The second-order valence-corrected chi connectivity index (χ2v) is 2.39. The molecule has 0 bridgehead atoms. The highest BCUT2D eigenvalue weighted by atomic mass is 35.5. The van der Waals surface area contributed by atoms with Crippen LogP contribution in [-0.2, 0) is 4.84 Å². The molecule has 0 radical (unpaired) electrons. The Morgan fingerprint density at radius 2 is 1.64 bits per heavy atom. The lowest BCUT2D eigenvalue weighted by Crippen LogP contribution is -2.33. The lowest BCUT2D eigenvalue weighted by Gasteiger charge is -2.26. The third-order valence-electron chi connectivity index (χ3n) is 1.90. The van der Waals surface area contributed by atoms with Crippen LogP contribution in [0.5, 0.6) is 0 Å². The highest BCUT2D eigenvalue weighted by Crippen LogP contribution is 2.06. The summed E-state index contributed by atoms with van der Waals surface area (Å²) in [5, 5.41) is 2.03. The Balaban J connectivity index is 0. The maximum atomic E-state index is 5.18. The van der Waals surface area contributed by atoms with E-state index >= 15 is 0 Å². The second kappa shape index (κ2) is 8.31. The smallest absolute Gasteiger partial charge is 0.0575 e. The first-order valence-electron chi connectivity index (χ1n) is 4.10. The zero-order chi connectivity index (χ0) is 7.98. The summed E-state index contributed by atoms with van der Waals surface area (Å²) in [7, 11) is 1.74. The quantitative estimate of drug-likeness (QED) is 0.605. The average molecular weight is 182 g/mol. The van der Waals surface area contributed by atoms with Crippen LogP contribution in [0, 0.1) is 0 Å². The molecular weight excluding hydrogens is 162 g/mol. The molecule has 0 saturated heterocycles. The van der Waals surface area contributed by atoms with E-state index in [1.165, 1.54) is 0 Å². The molecule has 0 rings (SSSR count). The van der Waals surface area contributed by atoms with E-state index in [0.29, 0.717) is 6.04 Å². The van der Waals surface area contributed by atoms with Crippen molar-refractivity contribution in [2.24, 2.45) is 0 Å². The van der Waals surface area contributed by atoms with Crippen molar-refractivity contribution in [2.45, 2.75) is 39.7 Å². The standard InChI is InChI=1S/C8H19NO.ClH/c1-5-8(6-2)9(7-3)10-4;/h8H,5-7H2,1-4H3;1H. The predicted octanol–water partition coefficient (Wildman–Crippen LogP) is 2.48. The van der Waals surface area contributed by atoms with Gasteiger partial charge in [0.15, 0.2) is 0 Å². The van der Waals surface area contributed by atoms with Crippen LogP contribution < -0.4 is 0 Å². The second-order valence-electron chi connectivity index (χ2n) is 2.39. The van der Waals surface area contributed by atoms with Crippen molar-refractivity contribution >= 4 is 12.4 Å². The monoisotopic (exact) mass is 181 g/mol. The lowest BCUT2D eigenvalue weighted by atomic mass is 10.2. The van der Waals surface area contributed by atoms with Crippen LogP contribution in [0.15, 0.2) is 0 Å². The van der Waals surface area contributed by atoms with Gasteiger partial charge in [-0.2, -0.15) is 5.06 Å².